The van der Waals surface area contributed by atoms with E-state index >= 15 is 0 Å². The number of nitrogens with zero attached hydrogens (tertiary/aromatic N) is 2. The highest BCUT2D eigenvalue weighted by molar-refractivity contribution is 9.10. The molecule has 0 spiro atoms. The molecule has 4 aromatic rings. The van der Waals surface area contributed by atoms with Gasteiger partial charge in [-0.25, -0.2) is 9.78 Å². The van der Waals surface area contributed by atoms with E-state index in [1.165, 1.54) is 30.5 Å². The number of halogens is 1. The highest BCUT2D eigenvalue weighted by Crippen LogP contribution is 2.17. The second-order valence-electron chi connectivity index (χ2n) is 6.68. The molecule has 0 saturated heterocycles. The molecule has 148 valence electrons. The molecule has 30 heavy (non-hydrogen) atoms. The Morgan fingerprint density at radius 2 is 1.70 bits per heavy atom. The van der Waals surface area contributed by atoms with Crippen LogP contribution < -0.4 is 5.43 Å². The molecule has 0 aliphatic heterocycles. The lowest BCUT2D eigenvalue weighted by molar-refractivity contribution is 0.0697. The third kappa shape index (κ3) is 3.79. The van der Waals surface area contributed by atoms with Crippen LogP contribution in [0.1, 0.15) is 32.0 Å². The third-order valence-electron chi connectivity index (χ3n) is 4.71. The average Bonchev–Trinajstić information content (AvgIpc) is 2.75. The number of hydrogen-bond acceptors (Lipinski definition) is 4. The molecule has 2 heterocycles. The van der Waals surface area contributed by atoms with Gasteiger partial charge in [0.2, 0.25) is 5.43 Å². The van der Waals surface area contributed by atoms with E-state index < -0.39 is 17.2 Å². The van der Waals surface area contributed by atoms with E-state index in [9.17, 15) is 19.5 Å². The number of aromatic nitrogens is 2. The number of benzene rings is 2. The number of aromatic carboxylic acids is 1. The maximum Gasteiger partial charge on any atom is 0.335 e. The van der Waals surface area contributed by atoms with Gasteiger partial charge in [0.05, 0.1) is 28.9 Å². The van der Waals surface area contributed by atoms with Crippen LogP contribution in [-0.2, 0) is 6.54 Å². The molecule has 0 amide bonds. The van der Waals surface area contributed by atoms with E-state index in [2.05, 4.69) is 20.9 Å². The van der Waals surface area contributed by atoms with Crippen LogP contribution in [0.25, 0.3) is 10.9 Å². The molecule has 0 atom stereocenters. The monoisotopic (exact) mass is 462 g/mol. The molecule has 2 aromatic carbocycles. The summed E-state index contributed by atoms with van der Waals surface area (Å²) in [6.45, 7) is 0.357. The van der Waals surface area contributed by atoms with Crippen molar-refractivity contribution < 1.29 is 14.7 Å². The summed E-state index contributed by atoms with van der Waals surface area (Å²) >= 11 is 3.35. The molecule has 0 aliphatic rings. The second kappa shape index (κ2) is 8.04. The van der Waals surface area contributed by atoms with Gasteiger partial charge in [0.15, 0.2) is 5.78 Å². The number of carbonyl (C=O) groups excluding carboxylic acids is 1. The molecule has 4 rings (SSSR count). The van der Waals surface area contributed by atoms with E-state index in [4.69, 9.17) is 0 Å². The molecule has 0 unspecified atom stereocenters. The fourth-order valence-corrected chi connectivity index (χ4v) is 3.68. The van der Waals surface area contributed by atoms with Gasteiger partial charge in [0, 0.05) is 17.1 Å². The van der Waals surface area contributed by atoms with Crippen molar-refractivity contribution in [3.05, 3.63) is 110 Å². The van der Waals surface area contributed by atoms with Crippen LogP contribution in [0.3, 0.4) is 0 Å². The first kappa shape index (κ1) is 19.7. The quantitative estimate of drug-likeness (QED) is 0.355. The van der Waals surface area contributed by atoms with Gasteiger partial charge in [-0.05, 0) is 52.3 Å². The van der Waals surface area contributed by atoms with Gasteiger partial charge in [-0.3, -0.25) is 9.59 Å². The summed E-state index contributed by atoms with van der Waals surface area (Å²) < 4.78 is 2.49. The highest BCUT2D eigenvalue weighted by atomic mass is 79.9. The van der Waals surface area contributed by atoms with Gasteiger partial charge in [-0.1, -0.05) is 30.3 Å². The molecule has 0 radical (unpaired) electrons. The minimum absolute atomic E-state index is 0.0136. The Morgan fingerprint density at radius 1 is 0.967 bits per heavy atom. The molecule has 7 heteroatoms. The van der Waals surface area contributed by atoms with Gasteiger partial charge < -0.3 is 9.67 Å². The Morgan fingerprint density at radius 3 is 2.47 bits per heavy atom. The maximum absolute atomic E-state index is 13.1. The number of para-hydroxylation sites is 1. The topological polar surface area (TPSA) is 89.3 Å². The van der Waals surface area contributed by atoms with Gasteiger partial charge in [0.25, 0.3) is 0 Å². The van der Waals surface area contributed by atoms with E-state index in [0.717, 1.165) is 5.69 Å². The summed E-state index contributed by atoms with van der Waals surface area (Å²) in [5.74, 6) is -1.66. The molecule has 0 bridgehead atoms. The average molecular weight is 463 g/mol. The Hall–Kier alpha value is -3.58. The lowest BCUT2D eigenvalue weighted by Gasteiger charge is -2.13. The van der Waals surface area contributed by atoms with Crippen LogP contribution in [0.5, 0.6) is 0 Å². The highest BCUT2D eigenvalue weighted by Gasteiger charge is 2.18. The summed E-state index contributed by atoms with van der Waals surface area (Å²) in [6, 6.07) is 18.3. The van der Waals surface area contributed by atoms with Crippen molar-refractivity contribution in [2.75, 3.05) is 0 Å². The Balaban J connectivity index is 1.87. The predicted molar refractivity (Wildman–Crippen MR) is 116 cm³/mol. The van der Waals surface area contributed by atoms with Crippen molar-refractivity contribution in [2.45, 2.75) is 6.54 Å². The molecular formula is C23H15BrN2O4. The number of fused-ring (bicyclic) bond motifs is 1. The fraction of sp³-hybridized carbons (Fsp3) is 0.0435. The zero-order valence-corrected chi connectivity index (χ0v) is 17.2. The Labute approximate surface area is 179 Å². The zero-order chi connectivity index (χ0) is 21.3. The second-order valence-corrected chi connectivity index (χ2v) is 7.50. The molecule has 0 saturated carbocycles. The third-order valence-corrected chi connectivity index (χ3v) is 5.15. The van der Waals surface area contributed by atoms with E-state index in [0.29, 0.717) is 22.1 Å². The van der Waals surface area contributed by atoms with Crippen molar-refractivity contribution in [2.24, 2.45) is 0 Å². The maximum atomic E-state index is 13.1. The van der Waals surface area contributed by atoms with Gasteiger partial charge in [-0.15, -0.1) is 0 Å². The first-order valence-corrected chi connectivity index (χ1v) is 9.85. The molecule has 6 nitrogen and oxygen atoms in total. The molecule has 2 aromatic heterocycles. The molecule has 1 N–H and O–H groups in total. The summed E-state index contributed by atoms with van der Waals surface area (Å²) in [7, 11) is 0. The van der Waals surface area contributed by atoms with Gasteiger partial charge >= 0.3 is 5.97 Å². The summed E-state index contributed by atoms with van der Waals surface area (Å²) in [5, 5.41) is 9.61. The molecule has 0 fully saturated rings. The van der Waals surface area contributed by atoms with Crippen LogP contribution in [0.2, 0.25) is 0 Å². The predicted octanol–water partition coefficient (Wildman–Crippen LogP) is 4.14. The minimum atomic E-state index is -1.14. The summed E-state index contributed by atoms with van der Waals surface area (Å²) in [4.78, 5) is 41.8. The number of carboxylic acids is 1. The van der Waals surface area contributed by atoms with Crippen LogP contribution >= 0.6 is 15.9 Å². The first-order valence-electron chi connectivity index (χ1n) is 9.06. The Kier molecular flexibility index (Phi) is 5.29. The lowest BCUT2D eigenvalue weighted by Crippen LogP contribution is -2.20. The van der Waals surface area contributed by atoms with Crippen LogP contribution in [-0.4, -0.2) is 26.4 Å². The lowest BCUT2D eigenvalue weighted by atomic mass is 10.0. The molecule has 0 aliphatic carbocycles. The van der Waals surface area contributed by atoms with Crippen LogP contribution in [0, 0.1) is 0 Å². The van der Waals surface area contributed by atoms with Gasteiger partial charge in [-0.2, -0.15) is 0 Å². The largest absolute Gasteiger partial charge is 0.478 e. The normalized spacial score (nSPS) is 10.8. The van der Waals surface area contributed by atoms with Crippen LogP contribution in [0.4, 0.5) is 0 Å². The van der Waals surface area contributed by atoms with E-state index in [-0.39, 0.29) is 16.7 Å². The van der Waals surface area contributed by atoms with E-state index in [1.807, 2.05) is 30.3 Å². The van der Waals surface area contributed by atoms with Crippen LogP contribution in [0.15, 0.2) is 82.3 Å². The minimum Gasteiger partial charge on any atom is -0.478 e. The summed E-state index contributed by atoms with van der Waals surface area (Å²) in [6.07, 6.45) is 1.52. The molecular weight excluding hydrogens is 448 g/mol. The number of rotatable bonds is 5. The van der Waals surface area contributed by atoms with Crippen molar-refractivity contribution in [1.82, 2.24) is 9.55 Å². The Bertz CT molecular complexity index is 1360. The van der Waals surface area contributed by atoms with Crippen molar-refractivity contribution in [1.29, 1.82) is 0 Å². The van der Waals surface area contributed by atoms with Gasteiger partial charge in [0.1, 0.15) is 4.60 Å². The van der Waals surface area contributed by atoms with Crippen molar-refractivity contribution in [3.63, 3.8) is 0 Å². The standard InChI is InChI=1S/C23H15BrN2O4/c24-20-10-4-7-16(25-20)12-26-13-18(22(28)17-8-1-2-9-19(17)26)21(27)14-5-3-6-15(11-14)23(29)30/h1-11,13H,12H2,(H,29,30). The number of carboxylic acid groups (broad SMARTS) is 1. The first-order chi connectivity index (χ1) is 14.4. The summed E-state index contributed by atoms with van der Waals surface area (Å²) in [5.41, 5.74) is 1.15. The smallest absolute Gasteiger partial charge is 0.335 e. The van der Waals surface area contributed by atoms with Crippen molar-refractivity contribution in [3.8, 4) is 0 Å². The fourth-order valence-electron chi connectivity index (χ4n) is 3.30. The number of ketones is 1. The zero-order valence-electron chi connectivity index (χ0n) is 15.6. The number of hydrogen-bond donors (Lipinski definition) is 1. The number of carbonyl (C=O) groups is 2. The SMILES string of the molecule is O=C(O)c1cccc(C(=O)c2cn(Cc3cccc(Br)n3)c3ccccc3c2=O)c1. The van der Waals surface area contributed by atoms with E-state index in [1.54, 1.807) is 16.7 Å². The number of pyridine rings is 2. The van der Waals surface area contributed by atoms with Crippen molar-refractivity contribution >= 4 is 38.6 Å².